The minimum atomic E-state index is -0.224. The van der Waals surface area contributed by atoms with E-state index < -0.39 is 0 Å². The molecule has 0 unspecified atom stereocenters. The van der Waals surface area contributed by atoms with Crippen molar-refractivity contribution in [1.82, 2.24) is 9.97 Å². The van der Waals surface area contributed by atoms with Crippen molar-refractivity contribution in [2.75, 3.05) is 16.0 Å². The number of fused-ring (bicyclic) bond motifs is 1. The molecule has 1 amide bonds. The smallest absolute Gasteiger partial charge is 0.255 e. The highest BCUT2D eigenvalue weighted by molar-refractivity contribution is 6.05. The Hall–Kier alpha value is -5.04. The van der Waals surface area contributed by atoms with Crippen LogP contribution < -0.4 is 16.0 Å². The number of hydrogen-bond donors (Lipinski definition) is 3. The van der Waals surface area contributed by atoms with E-state index in [-0.39, 0.29) is 11.7 Å². The molecule has 176 valence electrons. The molecule has 5 aromatic rings. The van der Waals surface area contributed by atoms with Gasteiger partial charge in [-0.05, 0) is 79.7 Å². The third kappa shape index (κ3) is 5.20. The zero-order valence-corrected chi connectivity index (χ0v) is 19.5. The van der Waals surface area contributed by atoms with Crippen LogP contribution in [-0.2, 0) is 0 Å². The van der Waals surface area contributed by atoms with E-state index in [1.54, 1.807) is 36.8 Å². The maximum Gasteiger partial charge on any atom is 0.255 e. The maximum atomic E-state index is 13.0. The van der Waals surface area contributed by atoms with Gasteiger partial charge in [0.2, 0.25) is 0 Å². The zero-order valence-electron chi connectivity index (χ0n) is 19.5. The molecule has 0 spiro atoms. The van der Waals surface area contributed by atoms with E-state index >= 15 is 0 Å². The number of carbonyl (C=O) groups excluding carboxylic acids is 2. The Morgan fingerprint density at radius 3 is 2.22 bits per heavy atom. The Morgan fingerprint density at radius 2 is 1.42 bits per heavy atom. The van der Waals surface area contributed by atoms with Crippen LogP contribution in [0.4, 0.5) is 28.4 Å². The summed E-state index contributed by atoms with van der Waals surface area (Å²) in [6.07, 6.45) is 5.14. The molecule has 0 aliphatic rings. The first-order chi connectivity index (χ1) is 17.5. The second-order valence-corrected chi connectivity index (χ2v) is 8.25. The quantitative estimate of drug-likeness (QED) is 0.231. The fraction of sp³-hybridized carbons (Fsp3) is 0.0345. The summed E-state index contributed by atoms with van der Waals surface area (Å²) >= 11 is 0. The summed E-state index contributed by atoms with van der Waals surface area (Å²) in [5, 5.41) is 10.4. The first kappa shape index (κ1) is 22.7. The first-order valence-electron chi connectivity index (χ1n) is 11.4. The van der Waals surface area contributed by atoms with Crippen LogP contribution in [0, 0.1) is 0 Å². The highest BCUT2D eigenvalue weighted by Crippen LogP contribution is 2.27. The van der Waals surface area contributed by atoms with Gasteiger partial charge in [-0.1, -0.05) is 12.1 Å². The van der Waals surface area contributed by atoms with Crippen molar-refractivity contribution in [2.24, 2.45) is 0 Å². The van der Waals surface area contributed by atoms with Crippen LogP contribution in [0.3, 0.4) is 0 Å². The van der Waals surface area contributed by atoms with Crippen molar-refractivity contribution in [1.29, 1.82) is 0 Å². The number of carbonyl (C=O) groups is 2. The molecule has 7 nitrogen and oxygen atoms in total. The van der Waals surface area contributed by atoms with Crippen LogP contribution in [0.1, 0.15) is 27.6 Å². The van der Waals surface area contributed by atoms with E-state index in [0.717, 1.165) is 33.7 Å². The summed E-state index contributed by atoms with van der Waals surface area (Å²) in [7, 11) is 0. The van der Waals surface area contributed by atoms with E-state index in [0.29, 0.717) is 16.8 Å². The van der Waals surface area contributed by atoms with Gasteiger partial charge >= 0.3 is 0 Å². The lowest BCUT2D eigenvalue weighted by atomic mass is 10.1. The molecule has 2 aromatic heterocycles. The second-order valence-electron chi connectivity index (χ2n) is 8.25. The number of nitrogens with zero attached hydrogens (tertiary/aromatic N) is 2. The molecule has 0 atom stereocenters. The lowest BCUT2D eigenvalue weighted by molar-refractivity contribution is 0.101. The Balaban J connectivity index is 1.34. The van der Waals surface area contributed by atoms with Crippen molar-refractivity contribution >= 4 is 51.0 Å². The van der Waals surface area contributed by atoms with Crippen LogP contribution in [0.5, 0.6) is 0 Å². The van der Waals surface area contributed by atoms with Crippen LogP contribution in [0.25, 0.3) is 10.9 Å². The van der Waals surface area contributed by atoms with Crippen molar-refractivity contribution in [3.05, 3.63) is 115 Å². The lowest BCUT2D eigenvalue weighted by Gasteiger charge is -2.12. The van der Waals surface area contributed by atoms with E-state index in [1.807, 2.05) is 66.7 Å². The number of aromatic nitrogens is 2. The molecular weight excluding hydrogens is 450 g/mol. The summed E-state index contributed by atoms with van der Waals surface area (Å²) < 4.78 is 0. The van der Waals surface area contributed by atoms with Gasteiger partial charge in [-0.3, -0.25) is 19.6 Å². The fourth-order valence-electron chi connectivity index (χ4n) is 3.85. The maximum absolute atomic E-state index is 13.0. The largest absolute Gasteiger partial charge is 0.355 e. The van der Waals surface area contributed by atoms with Gasteiger partial charge in [0.1, 0.15) is 0 Å². The molecule has 3 aromatic carbocycles. The predicted molar refractivity (Wildman–Crippen MR) is 143 cm³/mol. The van der Waals surface area contributed by atoms with E-state index in [2.05, 4.69) is 25.9 Å². The van der Waals surface area contributed by atoms with Crippen molar-refractivity contribution in [3.8, 4) is 0 Å². The van der Waals surface area contributed by atoms with E-state index in [1.165, 1.54) is 6.92 Å². The summed E-state index contributed by atoms with van der Waals surface area (Å²) in [5.41, 5.74) is 5.89. The normalized spacial score (nSPS) is 10.6. The minimum absolute atomic E-state index is 0.00887. The number of ketones is 1. The summed E-state index contributed by atoms with van der Waals surface area (Å²) in [4.78, 5) is 33.3. The molecule has 5 rings (SSSR count). The number of benzene rings is 3. The van der Waals surface area contributed by atoms with Crippen LogP contribution in [0.2, 0.25) is 0 Å². The summed E-state index contributed by atoms with van der Waals surface area (Å²) in [6, 6.07) is 25.8. The number of Topliss-reactive ketones (excluding diaryl/α,β-unsaturated/α-hetero) is 1. The molecule has 7 heteroatoms. The average Bonchev–Trinajstić information content (AvgIpc) is 2.89. The lowest BCUT2D eigenvalue weighted by Crippen LogP contribution is -2.12. The predicted octanol–water partition coefficient (Wildman–Crippen LogP) is 6.57. The number of anilines is 5. The summed E-state index contributed by atoms with van der Waals surface area (Å²) in [6.45, 7) is 1.54. The monoisotopic (exact) mass is 473 g/mol. The molecule has 0 bridgehead atoms. The number of nitrogens with one attached hydrogen (secondary N) is 3. The van der Waals surface area contributed by atoms with E-state index in [9.17, 15) is 9.59 Å². The SMILES string of the molecule is CC(=O)c1ccc2nccc(Nc3cccc(C(=O)Nc4cccc(Nc5ccncc5)c4)c3)c2c1. The Kier molecular flexibility index (Phi) is 6.36. The molecule has 0 saturated carbocycles. The van der Waals surface area contributed by atoms with Crippen molar-refractivity contribution in [2.45, 2.75) is 6.92 Å². The van der Waals surface area contributed by atoms with Crippen LogP contribution >= 0.6 is 0 Å². The van der Waals surface area contributed by atoms with Gasteiger partial charge in [0, 0.05) is 63.5 Å². The average molecular weight is 474 g/mol. The highest BCUT2D eigenvalue weighted by Gasteiger charge is 2.10. The molecule has 0 aliphatic heterocycles. The van der Waals surface area contributed by atoms with Gasteiger partial charge < -0.3 is 16.0 Å². The second kappa shape index (κ2) is 10.1. The molecule has 3 N–H and O–H groups in total. The standard InChI is InChI=1S/C29H23N5O2/c1-19(35)20-8-9-27-26(17-20)28(12-15-31-27)33-23-5-2-4-21(16-23)29(36)34-25-7-3-6-24(18-25)32-22-10-13-30-14-11-22/h2-18H,1H3,(H,30,32)(H,31,33)(H,34,36). The molecule has 0 radical (unpaired) electrons. The minimum Gasteiger partial charge on any atom is -0.355 e. The number of amides is 1. The first-order valence-corrected chi connectivity index (χ1v) is 11.4. The van der Waals surface area contributed by atoms with Crippen LogP contribution in [-0.4, -0.2) is 21.7 Å². The Labute approximate surface area is 208 Å². The molecule has 2 heterocycles. The summed E-state index contributed by atoms with van der Waals surface area (Å²) in [5.74, 6) is -0.233. The third-order valence-corrected chi connectivity index (χ3v) is 5.64. The molecular formula is C29H23N5O2. The van der Waals surface area contributed by atoms with Crippen molar-refractivity contribution in [3.63, 3.8) is 0 Å². The number of hydrogen-bond acceptors (Lipinski definition) is 6. The number of pyridine rings is 2. The van der Waals surface area contributed by atoms with Gasteiger partial charge in [0.05, 0.1) is 5.52 Å². The Bertz CT molecular complexity index is 1570. The molecule has 0 aliphatic carbocycles. The fourth-order valence-corrected chi connectivity index (χ4v) is 3.85. The topological polar surface area (TPSA) is 96.0 Å². The van der Waals surface area contributed by atoms with Gasteiger partial charge in [0.15, 0.2) is 5.78 Å². The molecule has 36 heavy (non-hydrogen) atoms. The molecule has 0 fully saturated rings. The number of rotatable bonds is 7. The Morgan fingerprint density at radius 1 is 0.667 bits per heavy atom. The van der Waals surface area contributed by atoms with Gasteiger partial charge in [-0.25, -0.2) is 0 Å². The molecule has 0 saturated heterocycles. The zero-order chi connectivity index (χ0) is 24.9. The van der Waals surface area contributed by atoms with E-state index in [4.69, 9.17) is 0 Å². The van der Waals surface area contributed by atoms with Gasteiger partial charge in [-0.15, -0.1) is 0 Å². The van der Waals surface area contributed by atoms with Crippen molar-refractivity contribution < 1.29 is 9.59 Å². The van der Waals surface area contributed by atoms with Gasteiger partial charge in [-0.2, -0.15) is 0 Å². The van der Waals surface area contributed by atoms with Gasteiger partial charge in [0.25, 0.3) is 5.91 Å². The van der Waals surface area contributed by atoms with Crippen LogP contribution in [0.15, 0.2) is 104 Å². The highest BCUT2D eigenvalue weighted by atomic mass is 16.1. The third-order valence-electron chi connectivity index (χ3n) is 5.64.